The maximum absolute atomic E-state index is 12.5. The maximum atomic E-state index is 12.5. The van der Waals surface area contributed by atoms with E-state index in [1.54, 1.807) is 36.4 Å². The third-order valence-electron chi connectivity index (χ3n) is 4.22. The number of carbonyl (C=O) groups is 3. The van der Waals surface area contributed by atoms with Gasteiger partial charge < -0.3 is 4.90 Å². The molecule has 1 fully saturated rings. The van der Waals surface area contributed by atoms with E-state index in [0.717, 1.165) is 10.6 Å². The van der Waals surface area contributed by atoms with Crippen molar-refractivity contribution in [3.63, 3.8) is 0 Å². The van der Waals surface area contributed by atoms with Crippen LogP contribution in [0.4, 0.5) is 11.4 Å². The van der Waals surface area contributed by atoms with Crippen LogP contribution in [-0.2, 0) is 9.59 Å². The fourth-order valence-corrected chi connectivity index (χ4v) is 2.95. The number of rotatable bonds is 5. The summed E-state index contributed by atoms with van der Waals surface area (Å²) in [6, 6.07) is 12.7. The van der Waals surface area contributed by atoms with E-state index in [2.05, 4.69) is 10.9 Å². The number of hydrogen-bond donors (Lipinski definition) is 2. The Morgan fingerprint density at radius 3 is 2.48 bits per heavy atom. The maximum Gasteiger partial charge on any atom is 0.265 e. The van der Waals surface area contributed by atoms with E-state index in [9.17, 15) is 14.4 Å². The average Bonchev–Trinajstić information content (AvgIpc) is 2.93. The highest BCUT2D eigenvalue weighted by Crippen LogP contribution is 2.25. The topological polar surface area (TPSA) is 81.8 Å². The first-order valence-corrected chi connectivity index (χ1v) is 8.70. The fourth-order valence-electron chi connectivity index (χ4n) is 2.77. The number of imide groups is 1. The first kappa shape index (κ1) is 18.9. The molecular weight excluding hydrogens is 368 g/mol. The quantitative estimate of drug-likeness (QED) is 0.606. The minimum atomic E-state index is -0.832. The summed E-state index contributed by atoms with van der Waals surface area (Å²) in [5.41, 5.74) is 6.97. The molecule has 27 heavy (non-hydrogen) atoms. The molecule has 1 atom stereocenters. The van der Waals surface area contributed by atoms with Crippen molar-refractivity contribution in [1.82, 2.24) is 10.9 Å². The van der Waals surface area contributed by atoms with Gasteiger partial charge in [-0.05, 0) is 42.5 Å². The minimum absolute atomic E-state index is 0.0504. The second kappa shape index (κ2) is 7.77. The van der Waals surface area contributed by atoms with Crippen LogP contribution in [0.1, 0.15) is 16.8 Å². The molecule has 0 bridgehead atoms. The summed E-state index contributed by atoms with van der Waals surface area (Å²) in [5, 5.41) is 0.430. The molecule has 2 aromatic carbocycles. The van der Waals surface area contributed by atoms with E-state index in [1.165, 1.54) is 0 Å². The molecule has 1 heterocycles. The van der Waals surface area contributed by atoms with E-state index < -0.39 is 11.9 Å². The van der Waals surface area contributed by atoms with Crippen molar-refractivity contribution in [2.24, 2.45) is 0 Å². The molecule has 1 unspecified atom stereocenters. The summed E-state index contributed by atoms with van der Waals surface area (Å²) in [7, 11) is 3.82. The number of nitrogens with zero attached hydrogens (tertiary/aromatic N) is 2. The molecule has 1 aliphatic rings. The van der Waals surface area contributed by atoms with Crippen LogP contribution in [-0.4, -0.2) is 37.9 Å². The summed E-state index contributed by atoms with van der Waals surface area (Å²) in [5.74, 6) is -1.18. The molecule has 1 aliphatic heterocycles. The molecule has 0 aromatic heterocycles. The van der Waals surface area contributed by atoms with Gasteiger partial charge in [-0.25, -0.2) is 10.3 Å². The van der Waals surface area contributed by atoms with Gasteiger partial charge in [0.2, 0.25) is 5.91 Å². The Bertz CT molecular complexity index is 883. The van der Waals surface area contributed by atoms with E-state index in [4.69, 9.17) is 11.6 Å². The van der Waals surface area contributed by atoms with E-state index in [1.807, 2.05) is 31.1 Å². The predicted molar refractivity (Wildman–Crippen MR) is 104 cm³/mol. The average molecular weight is 387 g/mol. The van der Waals surface area contributed by atoms with Crippen molar-refractivity contribution in [3.8, 4) is 0 Å². The van der Waals surface area contributed by atoms with Gasteiger partial charge in [0.25, 0.3) is 11.8 Å². The second-order valence-electron chi connectivity index (χ2n) is 6.34. The molecule has 140 valence electrons. The standard InChI is InChI=1S/C19H19ClN4O3/c1-23(2)14-8-6-12(7-9-14)18(26)22-21-16-11-17(25)24(19(16)27)15-5-3-4-13(20)10-15/h3-10,16,21H,11H2,1-2H3,(H,22,26). The van der Waals surface area contributed by atoms with E-state index >= 15 is 0 Å². The lowest BCUT2D eigenvalue weighted by atomic mass is 10.2. The van der Waals surface area contributed by atoms with Crippen LogP contribution in [0.15, 0.2) is 48.5 Å². The van der Waals surface area contributed by atoms with Gasteiger partial charge in [0.05, 0.1) is 12.1 Å². The van der Waals surface area contributed by atoms with Gasteiger partial charge in [-0.15, -0.1) is 0 Å². The Kier molecular flexibility index (Phi) is 5.43. The molecule has 2 aromatic rings. The number of halogens is 1. The molecule has 0 radical (unpaired) electrons. The Labute approximate surface area is 161 Å². The molecule has 3 amide bonds. The lowest BCUT2D eigenvalue weighted by molar-refractivity contribution is -0.121. The zero-order valence-electron chi connectivity index (χ0n) is 14.9. The van der Waals surface area contributed by atoms with Crippen molar-refractivity contribution in [2.45, 2.75) is 12.5 Å². The number of carbonyl (C=O) groups excluding carboxylic acids is 3. The summed E-state index contributed by atoms with van der Waals surface area (Å²) < 4.78 is 0. The first-order chi connectivity index (χ1) is 12.9. The largest absolute Gasteiger partial charge is 0.378 e. The van der Waals surface area contributed by atoms with Crippen molar-refractivity contribution >= 4 is 40.7 Å². The van der Waals surface area contributed by atoms with Gasteiger partial charge >= 0.3 is 0 Å². The zero-order chi connectivity index (χ0) is 19.6. The predicted octanol–water partition coefficient (Wildman–Crippen LogP) is 1.97. The molecule has 7 nitrogen and oxygen atoms in total. The molecule has 8 heteroatoms. The highest BCUT2D eigenvalue weighted by Gasteiger charge is 2.39. The Hall–Kier alpha value is -2.90. The third kappa shape index (κ3) is 4.10. The number of hydrogen-bond acceptors (Lipinski definition) is 5. The van der Waals surface area contributed by atoms with E-state index in [0.29, 0.717) is 16.3 Å². The lowest BCUT2D eigenvalue weighted by Gasteiger charge is -2.16. The van der Waals surface area contributed by atoms with Gasteiger partial charge in [0.15, 0.2) is 0 Å². The summed E-state index contributed by atoms with van der Waals surface area (Å²) in [6.45, 7) is 0. The zero-order valence-corrected chi connectivity index (χ0v) is 15.7. The molecule has 3 rings (SSSR count). The molecule has 1 saturated heterocycles. The lowest BCUT2D eigenvalue weighted by Crippen LogP contribution is -2.48. The smallest absolute Gasteiger partial charge is 0.265 e. The van der Waals surface area contributed by atoms with Crippen molar-refractivity contribution < 1.29 is 14.4 Å². The highest BCUT2D eigenvalue weighted by molar-refractivity contribution is 6.31. The molecule has 0 saturated carbocycles. The van der Waals surface area contributed by atoms with E-state index in [-0.39, 0.29) is 18.2 Å². The second-order valence-corrected chi connectivity index (χ2v) is 6.78. The van der Waals surface area contributed by atoms with Gasteiger partial charge in [-0.2, -0.15) is 0 Å². The minimum Gasteiger partial charge on any atom is -0.378 e. The van der Waals surface area contributed by atoms with Crippen LogP contribution in [0.2, 0.25) is 5.02 Å². The van der Waals surface area contributed by atoms with Crippen molar-refractivity contribution in [1.29, 1.82) is 0 Å². The van der Waals surface area contributed by atoms with Crippen LogP contribution in [0, 0.1) is 0 Å². The van der Waals surface area contributed by atoms with Crippen LogP contribution in [0.25, 0.3) is 0 Å². The summed E-state index contributed by atoms with van der Waals surface area (Å²) in [4.78, 5) is 40.0. The van der Waals surface area contributed by atoms with Gasteiger partial charge in [0.1, 0.15) is 6.04 Å². The first-order valence-electron chi connectivity index (χ1n) is 8.32. The normalized spacial score (nSPS) is 16.6. The molecular formula is C19H19ClN4O3. The summed E-state index contributed by atoms with van der Waals surface area (Å²) in [6.07, 6.45) is -0.0504. The van der Waals surface area contributed by atoms with Crippen LogP contribution in [0.3, 0.4) is 0 Å². The Morgan fingerprint density at radius 1 is 1.15 bits per heavy atom. The van der Waals surface area contributed by atoms with Gasteiger partial charge in [-0.1, -0.05) is 17.7 Å². The monoisotopic (exact) mass is 386 g/mol. The van der Waals surface area contributed by atoms with Crippen LogP contribution in [0.5, 0.6) is 0 Å². The SMILES string of the molecule is CN(C)c1ccc(C(=O)NNC2CC(=O)N(c3cccc(Cl)c3)C2=O)cc1. The molecule has 0 aliphatic carbocycles. The van der Waals surface area contributed by atoms with Gasteiger partial charge in [-0.3, -0.25) is 19.8 Å². The van der Waals surface area contributed by atoms with Crippen LogP contribution < -0.4 is 20.7 Å². The molecule has 2 N–H and O–H groups in total. The number of benzene rings is 2. The highest BCUT2D eigenvalue weighted by atomic mass is 35.5. The number of hydrazine groups is 1. The number of nitrogens with one attached hydrogen (secondary N) is 2. The fraction of sp³-hybridized carbons (Fsp3) is 0.211. The van der Waals surface area contributed by atoms with Crippen molar-refractivity contribution in [3.05, 3.63) is 59.1 Å². The number of amides is 3. The van der Waals surface area contributed by atoms with Crippen molar-refractivity contribution in [2.75, 3.05) is 23.9 Å². The Balaban J connectivity index is 1.64. The van der Waals surface area contributed by atoms with Crippen LogP contribution >= 0.6 is 11.6 Å². The van der Waals surface area contributed by atoms with Gasteiger partial charge in [0, 0.05) is 30.4 Å². The number of anilines is 2. The molecule has 0 spiro atoms. The Morgan fingerprint density at radius 2 is 1.85 bits per heavy atom. The summed E-state index contributed by atoms with van der Waals surface area (Å²) >= 11 is 5.93. The third-order valence-corrected chi connectivity index (χ3v) is 4.45.